The van der Waals surface area contributed by atoms with Crippen molar-refractivity contribution in [3.05, 3.63) is 33.4 Å². The number of carboxylic acid groups (broad SMARTS) is 1. The summed E-state index contributed by atoms with van der Waals surface area (Å²) in [6.07, 6.45) is 1.60. The fourth-order valence-corrected chi connectivity index (χ4v) is 3.10. The lowest BCUT2D eigenvalue weighted by molar-refractivity contribution is 0.0974. The first-order chi connectivity index (χ1) is 8.58. The largest absolute Gasteiger partial charge is 0.465 e. The molecule has 0 unspecified atom stereocenters. The molecule has 0 saturated carbocycles. The molecule has 0 bridgehead atoms. The topological polar surface area (TPSA) is 66.6 Å². The van der Waals surface area contributed by atoms with Crippen molar-refractivity contribution in [2.24, 2.45) is 5.73 Å². The molecule has 5 heteroatoms. The monoisotopic (exact) mass is 360 g/mol. The Bertz CT molecular complexity index is 439. The summed E-state index contributed by atoms with van der Waals surface area (Å²) in [5.74, 6) is 0. The van der Waals surface area contributed by atoms with Crippen molar-refractivity contribution in [2.75, 3.05) is 6.54 Å². The van der Waals surface area contributed by atoms with E-state index >= 15 is 0 Å². The summed E-state index contributed by atoms with van der Waals surface area (Å²) in [4.78, 5) is 12.7. The van der Waals surface area contributed by atoms with Crippen LogP contribution in [-0.2, 0) is 6.42 Å². The molecule has 0 radical (unpaired) electrons. The van der Waals surface area contributed by atoms with Crippen LogP contribution in [0, 0.1) is 3.57 Å². The summed E-state index contributed by atoms with van der Waals surface area (Å²) < 4.78 is 1.16. The van der Waals surface area contributed by atoms with Gasteiger partial charge in [0.1, 0.15) is 0 Å². The van der Waals surface area contributed by atoms with Crippen molar-refractivity contribution in [3.63, 3.8) is 0 Å². The Hall–Kier alpha value is -0.820. The molecule has 0 aromatic heterocycles. The number of carbonyl (C=O) groups is 1. The van der Waals surface area contributed by atoms with Gasteiger partial charge >= 0.3 is 6.09 Å². The maximum absolute atomic E-state index is 11.2. The lowest BCUT2D eigenvalue weighted by Crippen LogP contribution is -2.54. The quantitative estimate of drug-likeness (QED) is 0.796. The molecular weight excluding hydrogens is 343 g/mol. The molecule has 1 aliphatic rings. The van der Waals surface area contributed by atoms with Crippen molar-refractivity contribution >= 4 is 28.7 Å². The molecule has 98 valence electrons. The molecule has 1 heterocycles. The van der Waals surface area contributed by atoms with E-state index in [0.29, 0.717) is 13.0 Å². The molecule has 0 spiro atoms. The first-order valence-corrected chi connectivity index (χ1v) is 7.15. The number of halogens is 1. The van der Waals surface area contributed by atoms with Gasteiger partial charge in [-0.15, -0.1) is 0 Å². The number of hydrogen-bond acceptors (Lipinski definition) is 2. The Morgan fingerprint density at radius 3 is 3.00 bits per heavy atom. The van der Waals surface area contributed by atoms with Crippen molar-refractivity contribution in [2.45, 2.75) is 31.3 Å². The van der Waals surface area contributed by atoms with E-state index in [4.69, 9.17) is 5.73 Å². The Morgan fingerprint density at radius 2 is 2.33 bits per heavy atom. The van der Waals surface area contributed by atoms with E-state index in [1.54, 1.807) is 0 Å². The second-order valence-corrected chi connectivity index (χ2v) is 5.93. The lowest BCUT2D eigenvalue weighted by Gasteiger charge is -2.38. The molecule has 3 N–H and O–H groups in total. The van der Waals surface area contributed by atoms with Crippen LogP contribution in [0.3, 0.4) is 0 Å². The van der Waals surface area contributed by atoms with Gasteiger partial charge in [-0.3, -0.25) is 0 Å². The van der Waals surface area contributed by atoms with Gasteiger partial charge < -0.3 is 15.7 Å². The van der Waals surface area contributed by atoms with Crippen LogP contribution < -0.4 is 5.73 Å². The molecule has 1 saturated heterocycles. The third-order valence-electron chi connectivity index (χ3n) is 3.41. The molecule has 1 amide bonds. The maximum atomic E-state index is 11.2. The van der Waals surface area contributed by atoms with Gasteiger partial charge in [0, 0.05) is 16.2 Å². The number of nitrogens with two attached hydrogens (primary N) is 1. The number of amides is 1. The van der Waals surface area contributed by atoms with Crippen LogP contribution >= 0.6 is 22.6 Å². The van der Waals surface area contributed by atoms with Crippen LogP contribution in [0.25, 0.3) is 0 Å². The Morgan fingerprint density at radius 1 is 1.56 bits per heavy atom. The molecule has 1 aromatic carbocycles. The van der Waals surface area contributed by atoms with Crippen LogP contribution in [0.15, 0.2) is 24.3 Å². The number of hydrogen-bond donors (Lipinski definition) is 2. The minimum Gasteiger partial charge on any atom is -0.465 e. The van der Waals surface area contributed by atoms with Crippen LogP contribution in [0.4, 0.5) is 4.79 Å². The van der Waals surface area contributed by atoms with Gasteiger partial charge in [0.15, 0.2) is 0 Å². The van der Waals surface area contributed by atoms with Gasteiger partial charge in [-0.05, 0) is 59.5 Å². The SMILES string of the molecule is N[C@@H]1CCCN(C(=O)O)[C@@H]1Cc1cccc(I)c1. The van der Waals surface area contributed by atoms with Crippen molar-refractivity contribution < 1.29 is 9.90 Å². The van der Waals surface area contributed by atoms with E-state index in [1.165, 1.54) is 4.90 Å². The zero-order chi connectivity index (χ0) is 13.1. The number of nitrogens with zero attached hydrogens (tertiary/aromatic N) is 1. The highest BCUT2D eigenvalue weighted by Gasteiger charge is 2.32. The molecule has 2 rings (SSSR count). The first kappa shape index (κ1) is 13.6. The van der Waals surface area contributed by atoms with Gasteiger partial charge in [-0.2, -0.15) is 0 Å². The van der Waals surface area contributed by atoms with Crippen LogP contribution in [0.1, 0.15) is 18.4 Å². The van der Waals surface area contributed by atoms with E-state index in [-0.39, 0.29) is 12.1 Å². The van der Waals surface area contributed by atoms with Crippen molar-refractivity contribution in [3.8, 4) is 0 Å². The molecule has 1 fully saturated rings. The van der Waals surface area contributed by atoms with E-state index in [0.717, 1.165) is 22.0 Å². The fraction of sp³-hybridized carbons (Fsp3) is 0.462. The summed E-state index contributed by atoms with van der Waals surface area (Å²) in [6.45, 7) is 0.595. The van der Waals surface area contributed by atoms with Crippen LogP contribution in [0.2, 0.25) is 0 Å². The molecule has 2 atom stereocenters. The maximum Gasteiger partial charge on any atom is 0.407 e. The highest BCUT2D eigenvalue weighted by Crippen LogP contribution is 2.21. The van der Waals surface area contributed by atoms with Gasteiger partial charge in [-0.1, -0.05) is 12.1 Å². The molecule has 4 nitrogen and oxygen atoms in total. The zero-order valence-corrected chi connectivity index (χ0v) is 12.2. The van der Waals surface area contributed by atoms with Crippen LogP contribution in [-0.4, -0.2) is 34.7 Å². The predicted molar refractivity (Wildman–Crippen MR) is 78.6 cm³/mol. The van der Waals surface area contributed by atoms with Gasteiger partial charge in [0.05, 0.1) is 6.04 Å². The number of benzene rings is 1. The first-order valence-electron chi connectivity index (χ1n) is 6.07. The second-order valence-electron chi connectivity index (χ2n) is 4.68. The zero-order valence-electron chi connectivity index (χ0n) is 10.1. The van der Waals surface area contributed by atoms with E-state index in [1.807, 2.05) is 18.2 Å². The Kier molecular flexibility index (Phi) is 4.45. The lowest BCUT2D eigenvalue weighted by atomic mass is 9.92. The highest BCUT2D eigenvalue weighted by atomic mass is 127. The molecular formula is C13H17IN2O2. The highest BCUT2D eigenvalue weighted by molar-refractivity contribution is 14.1. The minimum atomic E-state index is -0.860. The summed E-state index contributed by atoms with van der Waals surface area (Å²) in [5.41, 5.74) is 7.23. The second kappa shape index (κ2) is 5.88. The van der Waals surface area contributed by atoms with Gasteiger partial charge in [0.2, 0.25) is 0 Å². The average molecular weight is 360 g/mol. The van der Waals surface area contributed by atoms with Gasteiger partial charge in [-0.25, -0.2) is 4.79 Å². The Labute approximate surface area is 120 Å². The summed E-state index contributed by atoms with van der Waals surface area (Å²) in [6, 6.07) is 7.98. The summed E-state index contributed by atoms with van der Waals surface area (Å²) in [7, 11) is 0. The number of likely N-dealkylation sites (tertiary alicyclic amines) is 1. The average Bonchev–Trinajstić information content (AvgIpc) is 2.31. The molecule has 1 aromatic rings. The number of piperidine rings is 1. The van der Waals surface area contributed by atoms with Crippen LogP contribution in [0.5, 0.6) is 0 Å². The molecule has 0 aliphatic carbocycles. The minimum absolute atomic E-state index is 0.0623. The van der Waals surface area contributed by atoms with E-state index < -0.39 is 6.09 Å². The van der Waals surface area contributed by atoms with Crippen molar-refractivity contribution in [1.82, 2.24) is 4.90 Å². The van der Waals surface area contributed by atoms with Gasteiger partial charge in [0.25, 0.3) is 0 Å². The normalized spacial score (nSPS) is 24.0. The standard InChI is InChI=1S/C13H17IN2O2/c14-10-4-1-3-9(7-10)8-12-11(15)5-2-6-16(12)13(17)18/h1,3-4,7,11-12H,2,5-6,8,15H2,(H,17,18)/t11-,12-/m1/s1. The summed E-state index contributed by atoms with van der Waals surface area (Å²) >= 11 is 2.26. The van der Waals surface area contributed by atoms with E-state index in [9.17, 15) is 9.90 Å². The Balaban J connectivity index is 2.15. The third kappa shape index (κ3) is 3.14. The predicted octanol–water partition coefficient (Wildman–Crippen LogP) is 2.30. The molecule has 18 heavy (non-hydrogen) atoms. The number of rotatable bonds is 2. The summed E-state index contributed by atoms with van der Waals surface area (Å²) in [5, 5.41) is 9.23. The smallest absolute Gasteiger partial charge is 0.407 e. The third-order valence-corrected chi connectivity index (χ3v) is 4.08. The molecule has 1 aliphatic heterocycles. The van der Waals surface area contributed by atoms with E-state index in [2.05, 4.69) is 28.7 Å². The fourth-order valence-electron chi connectivity index (χ4n) is 2.49. The van der Waals surface area contributed by atoms with Crippen molar-refractivity contribution in [1.29, 1.82) is 0 Å².